The molecule has 6 nitrogen and oxygen atoms in total. The molecule has 1 N–H and O–H groups in total. The zero-order valence-corrected chi connectivity index (χ0v) is 20.3. The number of nitrogens with zero attached hydrogens (tertiary/aromatic N) is 1. The molecule has 3 aromatic rings. The van der Waals surface area contributed by atoms with Gasteiger partial charge in [-0.2, -0.15) is 0 Å². The second-order valence-electron chi connectivity index (χ2n) is 9.19. The molecule has 0 spiro atoms. The number of benzene rings is 3. The van der Waals surface area contributed by atoms with E-state index in [-0.39, 0.29) is 11.8 Å². The van der Waals surface area contributed by atoms with Crippen LogP contribution in [0, 0.1) is 6.92 Å². The predicted octanol–water partition coefficient (Wildman–Crippen LogP) is 4.21. The van der Waals surface area contributed by atoms with Gasteiger partial charge in [0, 0.05) is 18.7 Å². The molecular weight excluding hydrogens is 440 g/mol. The fraction of sp³-hybridized carbons (Fsp3) is 0.310. The molecule has 180 valence electrons. The van der Waals surface area contributed by atoms with Crippen LogP contribution in [0.1, 0.15) is 50.1 Å². The summed E-state index contributed by atoms with van der Waals surface area (Å²) in [4.78, 5) is 29.1. The summed E-state index contributed by atoms with van der Waals surface area (Å²) in [5.74, 6) is 0.628. The monoisotopic (exact) mass is 470 g/mol. The maximum absolute atomic E-state index is 13.8. The molecule has 0 saturated carbocycles. The number of methoxy groups -OCH3 is 2. The molecule has 0 aromatic heterocycles. The highest BCUT2D eigenvalue weighted by molar-refractivity contribution is 6.01. The van der Waals surface area contributed by atoms with Gasteiger partial charge >= 0.3 is 0 Å². The summed E-state index contributed by atoms with van der Waals surface area (Å²) in [7, 11) is 3.21. The Kier molecular flexibility index (Phi) is 6.20. The lowest BCUT2D eigenvalue weighted by molar-refractivity contribution is -0.124. The molecule has 2 amide bonds. The van der Waals surface area contributed by atoms with Crippen molar-refractivity contribution in [1.82, 2.24) is 10.2 Å². The van der Waals surface area contributed by atoms with Crippen molar-refractivity contribution in [3.05, 3.63) is 94.0 Å². The largest absolute Gasteiger partial charge is 0.493 e. The number of rotatable bonds is 6. The third-order valence-electron chi connectivity index (χ3n) is 7.10. The number of hydrogen-bond acceptors (Lipinski definition) is 4. The van der Waals surface area contributed by atoms with E-state index >= 15 is 0 Å². The van der Waals surface area contributed by atoms with Crippen LogP contribution >= 0.6 is 0 Å². The van der Waals surface area contributed by atoms with Gasteiger partial charge < -0.3 is 19.7 Å². The molecule has 6 heteroatoms. The number of nitrogens with one attached hydrogen (secondary N) is 1. The summed E-state index contributed by atoms with van der Waals surface area (Å²) in [6.07, 6.45) is 1.44. The molecule has 0 bridgehead atoms. The fourth-order valence-electron chi connectivity index (χ4n) is 5.44. The van der Waals surface area contributed by atoms with Crippen molar-refractivity contribution < 1.29 is 19.1 Å². The number of hydrogen-bond donors (Lipinski definition) is 1. The first-order valence-corrected chi connectivity index (χ1v) is 12.0. The third-order valence-corrected chi connectivity index (χ3v) is 7.10. The molecule has 2 aliphatic rings. The Morgan fingerprint density at radius 1 is 1.00 bits per heavy atom. The van der Waals surface area contributed by atoms with Crippen molar-refractivity contribution >= 4 is 11.8 Å². The van der Waals surface area contributed by atoms with Crippen molar-refractivity contribution in [3.8, 4) is 11.5 Å². The average molecular weight is 471 g/mol. The number of aryl methyl sites for hydroxylation is 1. The second-order valence-corrected chi connectivity index (χ2v) is 9.19. The van der Waals surface area contributed by atoms with Crippen LogP contribution < -0.4 is 14.8 Å². The summed E-state index contributed by atoms with van der Waals surface area (Å²) in [5.41, 5.74) is 5.78. The van der Waals surface area contributed by atoms with Crippen molar-refractivity contribution in [2.75, 3.05) is 27.3 Å². The van der Waals surface area contributed by atoms with E-state index in [0.29, 0.717) is 36.6 Å². The standard InChI is InChI=1S/C29H30N2O4/c1-18-7-6-8-19(15-18)11-13-30-28(32)26-21-9-4-5-10-22(21)29(33)31-14-12-20-16-24(34-2)25(35-3)17-23(20)27(26)31/h4-10,15-17,26-27H,11-14H2,1-3H3,(H,30,32)/t26-,27-/m0/s1. The first kappa shape index (κ1) is 23.0. The normalized spacial score (nSPS) is 18.3. The Hall–Kier alpha value is -3.80. The van der Waals surface area contributed by atoms with Crippen LogP contribution in [-0.4, -0.2) is 44.0 Å². The molecular formula is C29H30N2O4. The van der Waals surface area contributed by atoms with Gasteiger partial charge in [-0.15, -0.1) is 0 Å². The predicted molar refractivity (Wildman–Crippen MR) is 134 cm³/mol. The van der Waals surface area contributed by atoms with Crippen LogP contribution in [0.3, 0.4) is 0 Å². The average Bonchev–Trinajstić information content (AvgIpc) is 2.88. The van der Waals surface area contributed by atoms with Crippen molar-refractivity contribution in [3.63, 3.8) is 0 Å². The molecule has 0 unspecified atom stereocenters. The Bertz CT molecular complexity index is 1290. The molecule has 0 radical (unpaired) electrons. The van der Waals surface area contributed by atoms with E-state index in [9.17, 15) is 9.59 Å². The van der Waals surface area contributed by atoms with Crippen LogP contribution in [0.4, 0.5) is 0 Å². The summed E-state index contributed by atoms with van der Waals surface area (Å²) in [5, 5.41) is 3.16. The van der Waals surface area contributed by atoms with Gasteiger partial charge in [0.2, 0.25) is 5.91 Å². The smallest absolute Gasteiger partial charge is 0.254 e. The van der Waals surface area contributed by atoms with Crippen LogP contribution in [0.5, 0.6) is 11.5 Å². The van der Waals surface area contributed by atoms with Crippen molar-refractivity contribution in [2.45, 2.75) is 31.7 Å². The number of fused-ring (bicyclic) bond motifs is 4. The lowest BCUT2D eigenvalue weighted by atomic mass is 9.75. The van der Waals surface area contributed by atoms with Gasteiger partial charge in [0.25, 0.3) is 5.91 Å². The van der Waals surface area contributed by atoms with Gasteiger partial charge in [-0.05, 0) is 60.2 Å². The topological polar surface area (TPSA) is 67.9 Å². The molecule has 35 heavy (non-hydrogen) atoms. The SMILES string of the molecule is COc1cc2c(cc1OC)[C@H]1[C@@H](C(=O)NCCc3cccc(C)c3)c3ccccc3C(=O)N1CC2. The Morgan fingerprint density at radius 2 is 1.77 bits per heavy atom. The van der Waals surface area contributed by atoms with Crippen molar-refractivity contribution in [1.29, 1.82) is 0 Å². The van der Waals surface area contributed by atoms with E-state index in [1.54, 1.807) is 14.2 Å². The second kappa shape index (κ2) is 9.45. The molecule has 0 fully saturated rings. The Balaban J connectivity index is 1.51. The highest BCUT2D eigenvalue weighted by Gasteiger charge is 2.46. The number of carbonyl (C=O) groups is 2. The first-order valence-electron chi connectivity index (χ1n) is 12.0. The summed E-state index contributed by atoms with van der Waals surface area (Å²) in [6.45, 7) is 3.14. The highest BCUT2D eigenvalue weighted by Crippen LogP contribution is 2.48. The van der Waals surface area contributed by atoms with Gasteiger partial charge in [-0.1, -0.05) is 48.0 Å². The fourth-order valence-corrected chi connectivity index (χ4v) is 5.44. The summed E-state index contributed by atoms with van der Waals surface area (Å²) in [6, 6.07) is 19.3. The lowest BCUT2D eigenvalue weighted by Crippen LogP contribution is -2.50. The van der Waals surface area contributed by atoms with Gasteiger partial charge in [0.15, 0.2) is 11.5 Å². The minimum Gasteiger partial charge on any atom is -0.493 e. The lowest BCUT2D eigenvalue weighted by Gasteiger charge is -2.45. The Morgan fingerprint density at radius 3 is 2.54 bits per heavy atom. The van der Waals surface area contributed by atoms with Gasteiger partial charge in [-0.3, -0.25) is 9.59 Å². The quantitative estimate of drug-likeness (QED) is 0.586. The van der Waals surface area contributed by atoms with Gasteiger partial charge in [0.05, 0.1) is 26.2 Å². The minimum absolute atomic E-state index is 0.0326. The van der Waals surface area contributed by atoms with Gasteiger partial charge in [-0.25, -0.2) is 0 Å². The molecule has 2 atom stereocenters. The van der Waals surface area contributed by atoms with Crippen LogP contribution in [0.2, 0.25) is 0 Å². The van der Waals surface area contributed by atoms with E-state index in [4.69, 9.17) is 9.47 Å². The zero-order chi connectivity index (χ0) is 24.5. The summed E-state index contributed by atoms with van der Waals surface area (Å²) < 4.78 is 11.1. The Labute approximate surface area is 205 Å². The van der Waals surface area contributed by atoms with Gasteiger partial charge in [0.1, 0.15) is 0 Å². The maximum Gasteiger partial charge on any atom is 0.254 e. The van der Waals surface area contributed by atoms with Crippen molar-refractivity contribution in [2.24, 2.45) is 0 Å². The van der Waals surface area contributed by atoms with E-state index in [2.05, 4.69) is 30.4 Å². The molecule has 2 aliphatic heterocycles. The number of carbonyl (C=O) groups excluding carboxylic acids is 2. The van der Waals surface area contributed by atoms with Crippen LogP contribution in [0.15, 0.2) is 60.7 Å². The molecule has 0 saturated heterocycles. The number of ether oxygens (including phenoxy) is 2. The van der Waals surface area contributed by atoms with Crippen LogP contribution in [-0.2, 0) is 17.6 Å². The van der Waals surface area contributed by atoms with E-state index < -0.39 is 12.0 Å². The number of amides is 2. The molecule has 5 rings (SSSR count). The molecule has 0 aliphatic carbocycles. The van der Waals surface area contributed by atoms with E-state index in [0.717, 1.165) is 23.1 Å². The molecule has 2 heterocycles. The zero-order valence-electron chi connectivity index (χ0n) is 20.3. The van der Waals surface area contributed by atoms with Crippen LogP contribution in [0.25, 0.3) is 0 Å². The summed E-state index contributed by atoms with van der Waals surface area (Å²) >= 11 is 0. The van der Waals surface area contributed by atoms with E-state index in [1.165, 1.54) is 11.1 Å². The highest BCUT2D eigenvalue weighted by atomic mass is 16.5. The maximum atomic E-state index is 13.8. The first-order chi connectivity index (χ1) is 17.0. The minimum atomic E-state index is -0.515. The molecule has 3 aromatic carbocycles. The third kappa shape index (κ3) is 4.14. The van der Waals surface area contributed by atoms with E-state index in [1.807, 2.05) is 47.4 Å².